The zero-order valence-corrected chi connectivity index (χ0v) is 5.75. The van der Waals surface area contributed by atoms with Crippen molar-refractivity contribution in [2.45, 2.75) is 0 Å². The van der Waals surface area contributed by atoms with E-state index < -0.39 is 0 Å². The van der Waals surface area contributed by atoms with E-state index >= 15 is 0 Å². The van der Waals surface area contributed by atoms with Gasteiger partial charge in [-0.15, -0.1) is 6.58 Å². The number of hydrazine groups is 2. The van der Waals surface area contributed by atoms with Crippen molar-refractivity contribution in [1.29, 1.82) is 0 Å². The Morgan fingerprint density at radius 2 is 2.30 bits per heavy atom. The molecule has 5 heteroatoms. The summed E-state index contributed by atoms with van der Waals surface area (Å²) in [6, 6.07) is 0. The second kappa shape index (κ2) is 4.66. The highest BCUT2D eigenvalue weighted by Crippen LogP contribution is 1.80. The van der Waals surface area contributed by atoms with Gasteiger partial charge in [0.25, 0.3) is 0 Å². The largest absolute Gasteiger partial charge is 0.383 e. The summed E-state index contributed by atoms with van der Waals surface area (Å²) in [5, 5.41) is 1.36. The molecule has 0 saturated heterocycles. The molecule has 0 radical (unpaired) electrons. The predicted molar refractivity (Wildman–Crippen MR) is 40.7 cm³/mol. The lowest BCUT2D eigenvalue weighted by molar-refractivity contribution is 0.431. The molecule has 0 aromatic carbocycles. The van der Waals surface area contributed by atoms with Crippen LogP contribution in [0.1, 0.15) is 0 Å². The first-order chi connectivity index (χ1) is 4.70. The summed E-state index contributed by atoms with van der Waals surface area (Å²) in [6.45, 7) is 4.02. The number of nitrogens with zero attached hydrogens (tertiary/aromatic N) is 1. The average Bonchev–Trinajstić information content (AvgIpc) is 1.88. The van der Waals surface area contributed by atoms with Crippen LogP contribution < -0.4 is 22.8 Å². The molecule has 0 aliphatic heterocycles. The number of rotatable bonds is 4. The molecular formula is C5H13N5. The molecular weight excluding hydrogens is 130 g/mol. The predicted octanol–water partition coefficient (Wildman–Crippen LogP) is -1.43. The van der Waals surface area contributed by atoms with E-state index in [1.54, 1.807) is 6.08 Å². The highest BCUT2D eigenvalue weighted by Gasteiger charge is 1.88. The minimum Gasteiger partial charge on any atom is -0.383 e. The molecule has 0 aliphatic carbocycles. The van der Waals surface area contributed by atoms with E-state index in [1.807, 2.05) is 0 Å². The van der Waals surface area contributed by atoms with Crippen LogP contribution in [0.3, 0.4) is 0 Å². The standard InChI is InChI=1S/C5H13N5/c1-2-3-10(8)4-5(6)9-7/h2,4,9H,1,3,6-8H2/b5-4+. The molecule has 58 valence electrons. The maximum Gasteiger partial charge on any atom is 0.128 e. The Labute approximate surface area is 60.1 Å². The smallest absolute Gasteiger partial charge is 0.128 e. The molecule has 0 spiro atoms. The Morgan fingerprint density at radius 1 is 1.70 bits per heavy atom. The molecule has 0 fully saturated rings. The van der Waals surface area contributed by atoms with Crippen molar-refractivity contribution in [3.8, 4) is 0 Å². The Bertz CT molecular complexity index is 130. The zero-order chi connectivity index (χ0) is 7.98. The lowest BCUT2D eigenvalue weighted by atomic mass is 10.6. The molecule has 0 rings (SSSR count). The summed E-state index contributed by atoms with van der Waals surface area (Å²) in [4.78, 5) is 0. The second-order valence-corrected chi connectivity index (χ2v) is 1.71. The van der Waals surface area contributed by atoms with Crippen molar-refractivity contribution in [2.24, 2.45) is 17.4 Å². The lowest BCUT2D eigenvalue weighted by Crippen LogP contribution is -2.32. The molecule has 0 amide bonds. The monoisotopic (exact) mass is 143 g/mol. The van der Waals surface area contributed by atoms with E-state index in [-0.39, 0.29) is 0 Å². The first-order valence-corrected chi connectivity index (χ1v) is 2.77. The Kier molecular flexibility index (Phi) is 4.10. The number of hydrogen-bond acceptors (Lipinski definition) is 5. The molecule has 0 aromatic rings. The van der Waals surface area contributed by atoms with E-state index in [0.717, 1.165) is 0 Å². The summed E-state index contributed by atoms with van der Waals surface area (Å²) in [5.74, 6) is 10.6. The third-order valence-electron chi connectivity index (χ3n) is 0.811. The van der Waals surface area contributed by atoms with Gasteiger partial charge >= 0.3 is 0 Å². The normalized spacial score (nSPS) is 10.8. The summed E-state index contributed by atoms with van der Waals surface area (Å²) in [5.41, 5.74) is 7.51. The van der Waals surface area contributed by atoms with Crippen LogP contribution in [0.5, 0.6) is 0 Å². The van der Waals surface area contributed by atoms with Crippen LogP contribution in [-0.2, 0) is 0 Å². The maximum absolute atomic E-state index is 5.37. The first kappa shape index (κ1) is 8.80. The molecule has 0 bridgehead atoms. The van der Waals surface area contributed by atoms with Crippen LogP contribution in [0.2, 0.25) is 0 Å². The fourth-order valence-electron chi connectivity index (χ4n) is 0.418. The van der Waals surface area contributed by atoms with E-state index in [0.29, 0.717) is 12.4 Å². The van der Waals surface area contributed by atoms with Gasteiger partial charge in [0.2, 0.25) is 0 Å². The van der Waals surface area contributed by atoms with Crippen molar-refractivity contribution in [1.82, 2.24) is 10.4 Å². The van der Waals surface area contributed by atoms with Crippen molar-refractivity contribution < 1.29 is 0 Å². The number of hydrogen-bond donors (Lipinski definition) is 4. The quantitative estimate of drug-likeness (QED) is 0.220. The van der Waals surface area contributed by atoms with Crippen LogP contribution in [0.4, 0.5) is 0 Å². The highest BCUT2D eigenvalue weighted by atomic mass is 15.4. The van der Waals surface area contributed by atoms with Crippen LogP contribution in [0.25, 0.3) is 0 Å². The zero-order valence-electron chi connectivity index (χ0n) is 5.75. The summed E-state index contributed by atoms with van der Waals surface area (Å²) in [7, 11) is 0. The molecule has 0 aromatic heterocycles. The summed E-state index contributed by atoms with van der Waals surface area (Å²) >= 11 is 0. The Balaban J connectivity index is 3.73. The lowest BCUT2D eigenvalue weighted by Gasteiger charge is -2.11. The molecule has 7 N–H and O–H groups in total. The highest BCUT2D eigenvalue weighted by molar-refractivity contribution is 4.91. The minimum absolute atomic E-state index is 0.310. The number of nitrogens with one attached hydrogen (secondary N) is 1. The average molecular weight is 143 g/mol. The summed E-state index contributed by atoms with van der Waals surface area (Å²) in [6.07, 6.45) is 3.13. The minimum atomic E-state index is 0.310. The Morgan fingerprint density at radius 3 is 2.70 bits per heavy atom. The molecule has 0 atom stereocenters. The number of nitrogens with two attached hydrogens (primary N) is 3. The second-order valence-electron chi connectivity index (χ2n) is 1.71. The molecule has 0 saturated carbocycles. The van der Waals surface area contributed by atoms with E-state index in [2.05, 4.69) is 12.0 Å². The molecule has 0 heterocycles. The van der Waals surface area contributed by atoms with Crippen LogP contribution in [-0.4, -0.2) is 11.6 Å². The van der Waals surface area contributed by atoms with Crippen LogP contribution in [0, 0.1) is 0 Å². The summed E-state index contributed by atoms with van der Waals surface area (Å²) < 4.78 is 0. The van der Waals surface area contributed by atoms with Gasteiger partial charge in [-0.25, -0.2) is 11.7 Å². The van der Waals surface area contributed by atoms with Crippen LogP contribution in [0.15, 0.2) is 24.7 Å². The molecule has 0 unspecified atom stereocenters. The van der Waals surface area contributed by atoms with Gasteiger partial charge in [-0.3, -0.25) is 0 Å². The van der Waals surface area contributed by atoms with Gasteiger partial charge in [0.05, 0.1) is 12.7 Å². The fraction of sp³-hybridized carbons (Fsp3) is 0.200. The van der Waals surface area contributed by atoms with Crippen molar-refractivity contribution in [3.63, 3.8) is 0 Å². The van der Waals surface area contributed by atoms with Crippen molar-refractivity contribution in [3.05, 3.63) is 24.7 Å². The van der Waals surface area contributed by atoms with Gasteiger partial charge in [0.1, 0.15) is 5.82 Å². The third kappa shape index (κ3) is 3.76. The van der Waals surface area contributed by atoms with E-state index in [1.165, 1.54) is 11.2 Å². The van der Waals surface area contributed by atoms with Crippen LogP contribution >= 0.6 is 0 Å². The molecule has 0 aliphatic rings. The van der Waals surface area contributed by atoms with Gasteiger partial charge in [-0.2, -0.15) is 0 Å². The molecule has 5 nitrogen and oxygen atoms in total. The molecule has 10 heavy (non-hydrogen) atoms. The maximum atomic E-state index is 5.37. The van der Waals surface area contributed by atoms with Crippen molar-refractivity contribution >= 4 is 0 Å². The van der Waals surface area contributed by atoms with Gasteiger partial charge < -0.3 is 16.2 Å². The van der Waals surface area contributed by atoms with Gasteiger partial charge in [0, 0.05) is 0 Å². The fourth-order valence-corrected chi connectivity index (χ4v) is 0.418. The van der Waals surface area contributed by atoms with Crippen molar-refractivity contribution in [2.75, 3.05) is 6.54 Å². The SMILES string of the molecule is C=CCN(N)/C=C(\N)NN. The Hall–Kier alpha value is -1.20. The van der Waals surface area contributed by atoms with Gasteiger partial charge in [0.15, 0.2) is 0 Å². The first-order valence-electron chi connectivity index (χ1n) is 2.77. The van der Waals surface area contributed by atoms with Gasteiger partial charge in [-0.05, 0) is 0 Å². The van der Waals surface area contributed by atoms with E-state index in [4.69, 9.17) is 17.4 Å². The third-order valence-corrected chi connectivity index (χ3v) is 0.811. The van der Waals surface area contributed by atoms with E-state index in [9.17, 15) is 0 Å². The van der Waals surface area contributed by atoms with Gasteiger partial charge in [-0.1, -0.05) is 6.08 Å². The topological polar surface area (TPSA) is 93.3 Å².